The van der Waals surface area contributed by atoms with Gasteiger partial charge in [0.25, 0.3) is 0 Å². The van der Waals surface area contributed by atoms with Crippen molar-refractivity contribution in [3.63, 3.8) is 0 Å². The van der Waals surface area contributed by atoms with E-state index in [0.29, 0.717) is 0 Å². The molecule has 0 bridgehead atoms. The monoisotopic (exact) mass is 432 g/mol. The van der Waals surface area contributed by atoms with Crippen LogP contribution in [0.15, 0.2) is 72.8 Å². The highest BCUT2D eigenvalue weighted by molar-refractivity contribution is 5.52. The summed E-state index contributed by atoms with van der Waals surface area (Å²) in [6.07, 6.45) is 3.00. The summed E-state index contributed by atoms with van der Waals surface area (Å²) in [5.41, 5.74) is 3.32. The van der Waals surface area contributed by atoms with Crippen molar-refractivity contribution in [3.8, 4) is 17.2 Å². The first-order chi connectivity index (χ1) is 15.6. The molecule has 0 heterocycles. The maximum atomic E-state index is 5.81. The van der Waals surface area contributed by atoms with Crippen molar-refractivity contribution in [1.82, 2.24) is 0 Å². The topological polar surface area (TPSA) is 27.7 Å². The van der Waals surface area contributed by atoms with Gasteiger partial charge in [-0.2, -0.15) is 0 Å². The molecule has 3 heteroatoms. The molecule has 3 rings (SSSR count). The predicted molar refractivity (Wildman–Crippen MR) is 132 cm³/mol. The van der Waals surface area contributed by atoms with Crippen LogP contribution in [0.4, 0.5) is 0 Å². The second kappa shape index (κ2) is 11.6. The third-order valence-electron chi connectivity index (χ3n) is 5.71. The lowest BCUT2D eigenvalue weighted by atomic mass is 9.71. The minimum absolute atomic E-state index is 0.324. The lowest BCUT2D eigenvalue weighted by Crippen LogP contribution is -2.25. The summed E-state index contributed by atoms with van der Waals surface area (Å²) in [4.78, 5) is 0. The van der Waals surface area contributed by atoms with E-state index in [4.69, 9.17) is 14.2 Å². The Labute approximate surface area is 193 Å². The third-order valence-corrected chi connectivity index (χ3v) is 5.71. The molecule has 3 aromatic rings. The van der Waals surface area contributed by atoms with E-state index in [0.717, 1.165) is 56.3 Å². The number of benzene rings is 3. The van der Waals surface area contributed by atoms with E-state index in [-0.39, 0.29) is 5.41 Å². The zero-order valence-electron chi connectivity index (χ0n) is 19.9. The van der Waals surface area contributed by atoms with Crippen LogP contribution in [0.2, 0.25) is 0 Å². The first-order valence-corrected chi connectivity index (χ1v) is 11.8. The SMILES string of the molecule is CCCOc1ccc(C(C)(c2ccc(OCCC)cc2)c2ccc(OCCC)cc2)cc1. The quantitative estimate of drug-likeness (QED) is 0.279. The molecule has 0 unspecified atom stereocenters. The number of ether oxygens (including phenoxy) is 3. The van der Waals surface area contributed by atoms with Gasteiger partial charge in [0.2, 0.25) is 0 Å². The van der Waals surface area contributed by atoms with E-state index in [1.807, 2.05) is 0 Å². The lowest BCUT2D eigenvalue weighted by molar-refractivity contribution is 0.317. The Balaban J connectivity index is 1.98. The Bertz CT molecular complexity index is 802. The minimum atomic E-state index is -0.324. The van der Waals surface area contributed by atoms with E-state index in [9.17, 15) is 0 Å². The van der Waals surface area contributed by atoms with E-state index in [2.05, 4.69) is 100 Å². The van der Waals surface area contributed by atoms with Crippen molar-refractivity contribution in [2.24, 2.45) is 0 Å². The van der Waals surface area contributed by atoms with Gasteiger partial charge in [-0.1, -0.05) is 57.2 Å². The van der Waals surface area contributed by atoms with Crippen LogP contribution >= 0.6 is 0 Å². The normalized spacial score (nSPS) is 11.2. The first-order valence-electron chi connectivity index (χ1n) is 11.8. The van der Waals surface area contributed by atoms with Crippen molar-refractivity contribution >= 4 is 0 Å². The standard InChI is InChI=1S/C29H36O3/c1-5-20-30-26-14-8-23(9-15-26)29(4,24-10-16-27(17-11-24)31-21-6-2)25-12-18-28(19-13-25)32-22-7-3/h8-19H,5-7,20-22H2,1-4H3. The fourth-order valence-electron chi connectivity index (χ4n) is 3.81. The molecule has 170 valence electrons. The molecule has 0 fully saturated rings. The molecule has 0 aromatic heterocycles. The van der Waals surface area contributed by atoms with Crippen molar-refractivity contribution in [2.45, 2.75) is 52.4 Å². The summed E-state index contributed by atoms with van der Waals surface area (Å²) in [7, 11) is 0. The molecule has 0 saturated carbocycles. The zero-order valence-corrected chi connectivity index (χ0v) is 19.9. The molecular weight excluding hydrogens is 396 g/mol. The molecule has 0 radical (unpaired) electrons. The summed E-state index contributed by atoms with van der Waals surface area (Å²) in [5, 5.41) is 0. The molecule has 0 aliphatic heterocycles. The van der Waals surface area contributed by atoms with E-state index in [1.54, 1.807) is 0 Å². The average molecular weight is 433 g/mol. The van der Waals surface area contributed by atoms with Gasteiger partial charge in [0.1, 0.15) is 17.2 Å². The smallest absolute Gasteiger partial charge is 0.119 e. The van der Waals surface area contributed by atoms with Gasteiger partial charge in [-0.05, 0) is 79.3 Å². The summed E-state index contributed by atoms with van der Waals surface area (Å²) < 4.78 is 17.4. The molecule has 32 heavy (non-hydrogen) atoms. The van der Waals surface area contributed by atoms with Gasteiger partial charge in [-0.15, -0.1) is 0 Å². The van der Waals surface area contributed by atoms with Crippen LogP contribution in [0, 0.1) is 0 Å². The molecule has 0 spiro atoms. The van der Waals surface area contributed by atoms with Crippen LogP contribution < -0.4 is 14.2 Å². The second-order valence-corrected chi connectivity index (χ2v) is 8.24. The molecule has 0 amide bonds. The van der Waals surface area contributed by atoms with E-state index in [1.165, 1.54) is 16.7 Å². The highest BCUT2D eigenvalue weighted by atomic mass is 16.5. The van der Waals surface area contributed by atoms with Crippen LogP contribution in [0.1, 0.15) is 63.6 Å². The maximum absolute atomic E-state index is 5.81. The average Bonchev–Trinajstić information content (AvgIpc) is 2.85. The Morgan fingerprint density at radius 1 is 0.469 bits per heavy atom. The second-order valence-electron chi connectivity index (χ2n) is 8.24. The van der Waals surface area contributed by atoms with Gasteiger partial charge in [-0.3, -0.25) is 0 Å². The van der Waals surface area contributed by atoms with Gasteiger partial charge in [-0.25, -0.2) is 0 Å². The molecular formula is C29H36O3. The van der Waals surface area contributed by atoms with Crippen molar-refractivity contribution in [3.05, 3.63) is 89.5 Å². The molecule has 0 atom stereocenters. The lowest BCUT2D eigenvalue weighted by Gasteiger charge is -2.32. The van der Waals surface area contributed by atoms with Crippen LogP contribution in [-0.2, 0) is 5.41 Å². The van der Waals surface area contributed by atoms with Crippen LogP contribution in [0.5, 0.6) is 17.2 Å². The number of rotatable bonds is 12. The minimum Gasteiger partial charge on any atom is -0.494 e. The van der Waals surface area contributed by atoms with Crippen molar-refractivity contribution < 1.29 is 14.2 Å². The van der Waals surface area contributed by atoms with E-state index >= 15 is 0 Å². The number of hydrogen-bond donors (Lipinski definition) is 0. The summed E-state index contributed by atoms with van der Waals surface area (Å²) >= 11 is 0. The molecule has 0 saturated heterocycles. The van der Waals surface area contributed by atoms with Gasteiger partial charge in [0.05, 0.1) is 19.8 Å². The Kier molecular flexibility index (Phi) is 8.61. The molecule has 3 aromatic carbocycles. The first kappa shape index (κ1) is 23.7. The van der Waals surface area contributed by atoms with Gasteiger partial charge in [0.15, 0.2) is 0 Å². The Morgan fingerprint density at radius 3 is 0.938 bits per heavy atom. The third kappa shape index (κ3) is 5.64. The number of hydrogen-bond acceptors (Lipinski definition) is 3. The highest BCUT2D eigenvalue weighted by Gasteiger charge is 2.31. The fraction of sp³-hybridized carbons (Fsp3) is 0.379. The molecule has 0 aliphatic rings. The largest absolute Gasteiger partial charge is 0.494 e. The van der Waals surface area contributed by atoms with Gasteiger partial charge >= 0.3 is 0 Å². The Hall–Kier alpha value is -2.94. The summed E-state index contributed by atoms with van der Waals surface area (Å²) in [5.74, 6) is 2.72. The van der Waals surface area contributed by atoms with E-state index < -0.39 is 0 Å². The van der Waals surface area contributed by atoms with Crippen LogP contribution in [-0.4, -0.2) is 19.8 Å². The van der Waals surface area contributed by atoms with Gasteiger partial charge in [0, 0.05) is 5.41 Å². The Morgan fingerprint density at radius 2 is 0.719 bits per heavy atom. The fourth-order valence-corrected chi connectivity index (χ4v) is 3.81. The maximum Gasteiger partial charge on any atom is 0.119 e. The van der Waals surface area contributed by atoms with Gasteiger partial charge < -0.3 is 14.2 Å². The predicted octanol–water partition coefficient (Wildman–Crippen LogP) is 7.41. The summed E-state index contributed by atoms with van der Waals surface area (Å²) in [6.45, 7) is 10.8. The van der Waals surface area contributed by atoms with Crippen molar-refractivity contribution in [2.75, 3.05) is 19.8 Å². The molecule has 0 aliphatic carbocycles. The van der Waals surface area contributed by atoms with Crippen LogP contribution in [0.3, 0.4) is 0 Å². The zero-order chi connectivity index (χ0) is 22.8. The highest BCUT2D eigenvalue weighted by Crippen LogP contribution is 2.40. The van der Waals surface area contributed by atoms with Crippen molar-refractivity contribution in [1.29, 1.82) is 0 Å². The molecule has 3 nitrogen and oxygen atoms in total. The summed E-state index contributed by atoms with van der Waals surface area (Å²) in [6, 6.07) is 25.5. The van der Waals surface area contributed by atoms with Crippen LogP contribution in [0.25, 0.3) is 0 Å². The molecule has 0 N–H and O–H groups in total.